The first-order chi connectivity index (χ1) is 13.9. The van der Waals surface area contributed by atoms with Crippen molar-refractivity contribution < 1.29 is 19.1 Å². The zero-order valence-electron chi connectivity index (χ0n) is 16.7. The fourth-order valence-electron chi connectivity index (χ4n) is 3.90. The Morgan fingerprint density at radius 3 is 2.55 bits per heavy atom. The summed E-state index contributed by atoms with van der Waals surface area (Å²) < 4.78 is 7.00. The number of ether oxygens (including phenoxy) is 1. The number of fused-ring (bicyclic) bond motifs is 1. The number of amides is 4. The molecule has 2 fully saturated rings. The Kier molecular flexibility index (Phi) is 4.87. The number of imide groups is 1. The van der Waals surface area contributed by atoms with Crippen LogP contribution in [0, 0.1) is 0 Å². The van der Waals surface area contributed by atoms with Gasteiger partial charge in [-0.15, -0.1) is 0 Å². The maximum absolute atomic E-state index is 12.9. The van der Waals surface area contributed by atoms with Crippen LogP contribution < -0.4 is 10.1 Å². The Morgan fingerprint density at radius 2 is 1.90 bits per heavy atom. The van der Waals surface area contributed by atoms with E-state index < -0.39 is 0 Å². The van der Waals surface area contributed by atoms with E-state index in [4.69, 9.17) is 4.74 Å². The highest BCUT2D eigenvalue weighted by molar-refractivity contribution is 5.99. The summed E-state index contributed by atoms with van der Waals surface area (Å²) in [6, 6.07) is 5.04. The molecule has 1 atom stereocenters. The van der Waals surface area contributed by atoms with E-state index in [1.807, 2.05) is 11.0 Å². The smallest absolute Gasteiger partial charge is 0.325 e. The number of aromatic nitrogens is 2. The third-order valence-corrected chi connectivity index (χ3v) is 5.60. The monoisotopic (exact) mass is 400 g/mol. The van der Waals surface area contributed by atoms with E-state index in [1.165, 1.54) is 7.05 Å². The van der Waals surface area contributed by atoms with E-state index in [0.717, 1.165) is 10.3 Å². The molecule has 0 aliphatic carbocycles. The number of carbonyl (C=O) groups excluding carboxylic acids is 3. The summed E-state index contributed by atoms with van der Waals surface area (Å²) >= 11 is 0. The number of urea groups is 1. The van der Waals surface area contributed by atoms with Gasteiger partial charge in [-0.1, -0.05) is 0 Å². The Bertz CT molecular complexity index is 960. The third-order valence-electron chi connectivity index (χ3n) is 5.60. The average molecular weight is 400 g/mol. The Morgan fingerprint density at radius 1 is 1.17 bits per heavy atom. The average Bonchev–Trinajstić information content (AvgIpc) is 3.05. The van der Waals surface area contributed by atoms with Crippen LogP contribution in [0.15, 0.2) is 18.2 Å². The van der Waals surface area contributed by atoms with Crippen molar-refractivity contribution in [1.29, 1.82) is 0 Å². The number of rotatable bonds is 3. The topological polar surface area (TPSA) is 100 Å². The minimum atomic E-state index is -0.385. The first-order valence-corrected chi connectivity index (χ1v) is 9.50. The molecule has 0 radical (unpaired) electrons. The molecule has 10 heteroatoms. The Hall–Kier alpha value is -3.14. The van der Waals surface area contributed by atoms with Crippen LogP contribution in [0.2, 0.25) is 0 Å². The van der Waals surface area contributed by atoms with Crippen molar-refractivity contribution in [2.75, 3.05) is 40.3 Å². The number of hydrogen-bond acceptors (Lipinski definition) is 6. The predicted octanol–water partition coefficient (Wildman–Crippen LogP) is 0.238. The molecule has 0 spiro atoms. The van der Waals surface area contributed by atoms with Crippen molar-refractivity contribution in [3.05, 3.63) is 23.8 Å². The van der Waals surface area contributed by atoms with Crippen LogP contribution in [0.1, 0.15) is 16.8 Å². The zero-order valence-corrected chi connectivity index (χ0v) is 16.7. The molecule has 10 nitrogen and oxygen atoms in total. The van der Waals surface area contributed by atoms with Gasteiger partial charge < -0.3 is 15.0 Å². The van der Waals surface area contributed by atoms with Crippen LogP contribution in [0.5, 0.6) is 5.88 Å². The fourth-order valence-corrected chi connectivity index (χ4v) is 3.90. The largest absolute Gasteiger partial charge is 0.481 e. The molecule has 2 aliphatic heterocycles. The van der Waals surface area contributed by atoms with Crippen LogP contribution in [-0.4, -0.2) is 88.8 Å². The first-order valence-electron chi connectivity index (χ1n) is 9.50. The molecule has 1 unspecified atom stereocenters. The van der Waals surface area contributed by atoms with Gasteiger partial charge >= 0.3 is 6.03 Å². The van der Waals surface area contributed by atoms with Crippen molar-refractivity contribution in [2.24, 2.45) is 7.05 Å². The highest BCUT2D eigenvalue weighted by Crippen LogP contribution is 2.26. The van der Waals surface area contributed by atoms with E-state index in [-0.39, 0.29) is 30.4 Å². The van der Waals surface area contributed by atoms with E-state index in [9.17, 15) is 14.4 Å². The van der Waals surface area contributed by atoms with Gasteiger partial charge in [-0.2, -0.15) is 5.10 Å². The van der Waals surface area contributed by atoms with Gasteiger partial charge in [0, 0.05) is 45.8 Å². The second-order valence-corrected chi connectivity index (χ2v) is 7.32. The van der Waals surface area contributed by atoms with Crippen molar-refractivity contribution in [1.82, 2.24) is 29.8 Å². The molecule has 3 heterocycles. The van der Waals surface area contributed by atoms with Crippen molar-refractivity contribution >= 4 is 28.7 Å². The Labute approximate surface area is 168 Å². The number of piperazine rings is 1. The van der Waals surface area contributed by atoms with E-state index in [0.29, 0.717) is 43.1 Å². The number of benzene rings is 1. The summed E-state index contributed by atoms with van der Waals surface area (Å²) in [5, 5.41) is 8.10. The van der Waals surface area contributed by atoms with Crippen LogP contribution in [0.25, 0.3) is 10.9 Å². The lowest BCUT2D eigenvalue weighted by atomic mass is 10.1. The van der Waals surface area contributed by atoms with E-state index in [1.54, 1.807) is 35.9 Å². The first kappa shape index (κ1) is 19.2. The van der Waals surface area contributed by atoms with Crippen molar-refractivity contribution in [2.45, 2.75) is 12.6 Å². The molecule has 0 bridgehead atoms. The van der Waals surface area contributed by atoms with Gasteiger partial charge in [-0.05, 0) is 18.2 Å². The van der Waals surface area contributed by atoms with Gasteiger partial charge in [0.2, 0.25) is 11.8 Å². The highest BCUT2D eigenvalue weighted by Gasteiger charge is 2.34. The number of carbonyl (C=O) groups is 3. The molecule has 1 N–H and O–H groups in total. The number of nitrogens with zero attached hydrogens (tertiary/aromatic N) is 5. The molecule has 4 rings (SSSR count). The van der Waals surface area contributed by atoms with Gasteiger partial charge in [-0.25, -0.2) is 9.48 Å². The van der Waals surface area contributed by atoms with Crippen LogP contribution in [-0.2, 0) is 11.8 Å². The van der Waals surface area contributed by atoms with Crippen LogP contribution >= 0.6 is 0 Å². The minimum absolute atomic E-state index is 0.0559. The SMILES string of the molecule is COc1c2ccc(C(=O)N3CCN(C4CC(=O)N(C)C(=O)N4)CC3)cc2nn1C. The Balaban J connectivity index is 1.42. The summed E-state index contributed by atoms with van der Waals surface area (Å²) in [7, 11) is 4.86. The van der Waals surface area contributed by atoms with Gasteiger partial charge in [0.25, 0.3) is 5.91 Å². The van der Waals surface area contributed by atoms with Crippen molar-refractivity contribution in [3.63, 3.8) is 0 Å². The van der Waals surface area contributed by atoms with E-state index >= 15 is 0 Å². The van der Waals surface area contributed by atoms with Gasteiger partial charge in [0.05, 0.1) is 30.6 Å². The summed E-state index contributed by atoms with van der Waals surface area (Å²) in [4.78, 5) is 41.7. The van der Waals surface area contributed by atoms with Gasteiger partial charge in [0.1, 0.15) is 0 Å². The van der Waals surface area contributed by atoms with Gasteiger partial charge in [-0.3, -0.25) is 19.4 Å². The standard InChI is InChI=1S/C19H24N6O4/c1-22-16(26)11-15(20-19(22)28)24-6-8-25(9-7-24)17(27)12-4-5-13-14(10-12)21-23(2)18(13)29-3/h4-5,10,15H,6-9,11H2,1-3H3,(H,20,28). The zero-order chi connectivity index (χ0) is 20.7. The minimum Gasteiger partial charge on any atom is -0.481 e. The predicted molar refractivity (Wildman–Crippen MR) is 104 cm³/mol. The lowest BCUT2D eigenvalue weighted by Crippen LogP contribution is -2.62. The molecule has 1 aromatic carbocycles. The summed E-state index contributed by atoms with van der Waals surface area (Å²) in [6.07, 6.45) is -0.0743. The lowest BCUT2D eigenvalue weighted by Gasteiger charge is -2.41. The number of nitrogens with one attached hydrogen (secondary N) is 1. The lowest BCUT2D eigenvalue weighted by molar-refractivity contribution is -0.130. The van der Waals surface area contributed by atoms with E-state index in [2.05, 4.69) is 10.4 Å². The summed E-state index contributed by atoms with van der Waals surface area (Å²) in [5.74, 6) is 0.401. The molecule has 1 aromatic heterocycles. The van der Waals surface area contributed by atoms with Crippen LogP contribution in [0.3, 0.4) is 0 Å². The molecule has 4 amide bonds. The third kappa shape index (κ3) is 3.39. The molecule has 154 valence electrons. The maximum Gasteiger partial charge on any atom is 0.325 e. The number of methoxy groups -OCH3 is 1. The quantitative estimate of drug-likeness (QED) is 0.792. The normalized spacial score (nSPS) is 20.9. The summed E-state index contributed by atoms with van der Waals surface area (Å²) in [5.41, 5.74) is 1.29. The van der Waals surface area contributed by atoms with Crippen molar-refractivity contribution in [3.8, 4) is 5.88 Å². The number of aryl methyl sites for hydroxylation is 1. The maximum atomic E-state index is 12.9. The second kappa shape index (κ2) is 7.36. The highest BCUT2D eigenvalue weighted by atomic mass is 16.5. The fraction of sp³-hybridized carbons (Fsp3) is 0.474. The molecule has 0 saturated carbocycles. The van der Waals surface area contributed by atoms with Gasteiger partial charge in [0.15, 0.2) is 0 Å². The summed E-state index contributed by atoms with van der Waals surface area (Å²) in [6.45, 7) is 2.23. The molecular weight excluding hydrogens is 376 g/mol. The molecule has 29 heavy (non-hydrogen) atoms. The molecule has 2 aliphatic rings. The molecule has 2 saturated heterocycles. The second-order valence-electron chi connectivity index (χ2n) is 7.32. The molecule has 2 aromatic rings. The molecular formula is C19H24N6O4. The van der Waals surface area contributed by atoms with Crippen LogP contribution in [0.4, 0.5) is 4.79 Å². The number of hydrogen-bond donors (Lipinski definition) is 1.